The van der Waals surface area contributed by atoms with Crippen LogP contribution in [0.3, 0.4) is 0 Å². The third-order valence-electron chi connectivity index (χ3n) is 5.40. The summed E-state index contributed by atoms with van der Waals surface area (Å²) in [6.45, 7) is 1.02. The number of nitrogens with one attached hydrogen (secondary N) is 1. The molecule has 1 unspecified atom stereocenters. The van der Waals surface area contributed by atoms with Crippen molar-refractivity contribution in [3.05, 3.63) is 65.5 Å². The van der Waals surface area contributed by atoms with Crippen LogP contribution in [0.5, 0.6) is 5.75 Å². The third-order valence-corrected chi connectivity index (χ3v) is 5.40. The van der Waals surface area contributed by atoms with Crippen molar-refractivity contribution in [2.24, 2.45) is 5.73 Å². The van der Waals surface area contributed by atoms with E-state index in [1.54, 1.807) is 54.5 Å². The summed E-state index contributed by atoms with van der Waals surface area (Å²) >= 11 is 0. The Morgan fingerprint density at radius 3 is 2.72 bits per heavy atom. The van der Waals surface area contributed by atoms with Crippen LogP contribution in [0.25, 0.3) is 0 Å². The van der Waals surface area contributed by atoms with Gasteiger partial charge in [0.2, 0.25) is 5.91 Å². The van der Waals surface area contributed by atoms with E-state index < -0.39 is 6.04 Å². The van der Waals surface area contributed by atoms with Crippen LogP contribution >= 0.6 is 0 Å². The number of aliphatic hydroxyl groups is 1. The summed E-state index contributed by atoms with van der Waals surface area (Å²) in [4.78, 5) is 27.0. The zero-order chi connectivity index (χ0) is 23.5. The number of carbonyl (C=O) groups is 2. The first-order valence-electron chi connectivity index (χ1n) is 10.6. The number of hydrogen-bond acceptors (Lipinski definition) is 5. The van der Waals surface area contributed by atoms with E-state index in [0.29, 0.717) is 36.4 Å². The largest absolute Gasteiger partial charge is 0.497 e. The summed E-state index contributed by atoms with van der Waals surface area (Å²) in [5.41, 5.74) is 7.14. The molecule has 3 rings (SSSR count). The van der Waals surface area contributed by atoms with E-state index in [1.165, 1.54) is 6.07 Å². The highest BCUT2D eigenvalue weighted by molar-refractivity contribution is 5.94. The van der Waals surface area contributed by atoms with Gasteiger partial charge in [0.25, 0.3) is 5.91 Å². The maximum Gasteiger partial charge on any atom is 0.251 e. The molecule has 0 radical (unpaired) electrons. The summed E-state index contributed by atoms with van der Waals surface area (Å²) in [5.74, 6) is 0.0466. The Bertz CT molecular complexity index is 893. The smallest absolute Gasteiger partial charge is 0.251 e. The molecule has 2 aromatic carbocycles. The topological polar surface area (TPSA) is 105 Å². The molecule has 8 heteroatoms. The SMILES string of the molecule is CO.COc1cccc(C(=O)NC[C@@H]2CCCN2C(=O)CC(N)Cc2ccccc2F)c1. The average molecular weight is 446 g/mol. The van der Waals surface area contributed by atoms with Gasteiger partial charge >= 0.3 is 0 Å². The van der Waals surface area contributed by atoms with E-state index in [-0.39, 0.29) is 30.1 Å². The summed E-state index contributed by atoms with van der Waals surface area (Å²) in [6, 6.07) is 12.9. The number of nitrogens with zero attached hydrogens (tertiary/aromatic N) is 1. The maximum absolute atomic E-state index is 13.8. The number of likely N-dealkylation sites (tertiary alicyclic amines) is 1. The number of ether oxygens (including phenoxy) is 1. The quantitative estimate of drug-likeness (QED) is 0.577. The van der Waals surface area contributed by atoms with Gasteiger partial charge in [-0.3, -0.25) is 9.59 Å². The van der Waals surface area contributed by atoms with Gasteiger partial charge in [-0.15, -0.1) is 0 Å². The molecule has 174 valence electrons. The first kappa shape index (κ1) is 25.3. The Kier molecular flexibility index (Phi) is 10.1. The van der Waals surface area contributed by atoms with Gasteiger partial charge in [-0.2, -0.15) is 0 Å². The van der Waals surface area contributed by atoms with Crippen LogP contribution in [0.2, 0.25) is 0 Å². The minimum Gasteiger partial charge on any atom is -0.497 e. The monoisotopic (exact) mass is 445 g/mol. The van der Waals surface area contributed by atoms with E-state index in [0.717, 1.165) is 20.0 Å². The van der Waals surface area contributed by atoms with Gasteiger partial charge < -0.3 is 25.8 Å². The van der Waals surface area contributed by atoms with E-state index in [2.05, 4.69) is 5.32 Å². The minimum absolute atomic E-state index is 0.0584. The Labute approximate surface area is 188 Å². The second-order valence-corrected chi connectivity index (χ2v) is 7.58. The Hall–Kier alpha value is -2.97. The number of halogens is 1. The number of aliphatic hydroxyl groups excluding tert-OH is 1. The molecule has 7 nitrogen and oxygen atoms in total. The van der Waals surface area contributed by atoms with Crippen molar-refractivity contribution in [3.8, 4) is 5.75 Å². The molecular weight excluding hydrogens is 413 g/mol. The third kappa shape index (κ3) is 7.03. The van der Waals surface area contributed by atoms with Gasteiger partial charge in [-0.05, 0) is 49.1 Å². The normalized spacial score (nSPS) is 16.0. The fourth-order valence-electron chi connectivity index (χ4n) is 3.81. The number of hydrogen-bond donors (Lipinski definition) is 3. The van der Waals surface area contributed by atoms with Crippen LogP contribution in [-0.2, 0) is 11.2 Å². The summed E-state index contributed by atoms with van der Waals surface area (Å²) < 4.78 is 19.0. The van der Waals surface area contributed by atoms with Gasteiger partial charge in [0.1, 0.15) is 11.6 Å². The predicted octanol–water partition coefficient (Wildman–Crippen LogP) is 2.12. The highest BCUT2D eigenvalue weighted by atomic mass is 19.1. The molecule has 1 aliphatic rings. The molecular formula is C24H32FN3O4. The molecule has 2 aromatic rings. The number of rotatable bonds is 8. The molecule has 4 N–H and O–H groups in total. The average Bonchev–Trinajstić information content (AvgIpc) is 3.29. The highest BCUT2D eigenvalue weighted by Crippen LogP contribution is 2.19. The van der Waals surface area contributed by atoms with Gasteiger partial charge in [-0.1, -0.05) is 24.3 Å². The molecule has 0 bridgehead atoms. The molecule has 1 aliphatic heterocycles. The van der Waals surface area contributed by atoms with E-state index in [4.69, 9.17) is 15.6 Å². The Morgan fingerprint density at radius 1 is 1.25 bits per heavy atom. The summed E-state index contributed by atoms with van der Waals surface area (Å²) in [6.07, 6.45) is 2.17. The van der Waals surface area contributed by atoms with Gasteiger partial charge in [-0.25, -0.2) is 4.39 Å². The van der Waals surface area contributed by atoms with Gasteiger partial charge in [0.05, 0.1) is 7.11 Å². The number of methoxy groups -OCH3 is 1. The van der Waals surface area contributed by atoms with Crippen LogP contribution < -0.4 is 15.8 Å². The fourth-order valence-corrected chi connectivity index (χ4v) is 3.81. The first-order chi connectivity index (χ1) is 15.5. The molecule has 2 amide bonds. The molecule has 1 fully saturated rings. The van der Waals surface area contributed by atoms with Crippen LogP contribution in [0.4, 0.5) is 4.39 Å². The lowest BCUT2D eigenvalue weighted by atomic mass is 10.0. The molecule has 0 aromatic heterocycles. The van der Waals surface area contributed by atoms with Gasteiger partial charge in [0, 0.05) is 44.3 Å². The number of carbonyl (C=O) groups excluding carboxylic acids is 2. The summed E-state index contributed by atoms with van der Waals surface area (Å²) in [5, 5.41) is 9.91. The van der Waals surface area contributed by atoms with Crippen molar-refractivity contribution < 1.29 is 23.8 Å². The molecule has 0 aliphatic carbocycles. The zero-order valence-corrected chi connectivity index (χ0v) is 18.6. The van der Waals surface area contributed by atoms with E-state index in [9.17, 15) is 14.0 Å². The second kappa shape index (κ2) is 12.8. The Morgan fingerprint density at radius 2 is 2.00 bits per heavy atom. The maximum atomic E-state index is 13.8. The van der Waals surface area contributed by atoms with E-state index >= 15 is 0 Å². The lowest BCUT2D eigenvalue weighted by Crippen LogP contribution is -2.45. The number of nitrogens with two attached hydrogens (primary N) is 1. The molecule has 2 atom stereocenters. The molecule has 1 saturated heterocycles. The molecule has 0 saturated carbocycles. The van der Waals surface area contributed by atoms with Crippen LogP contribution in [0, 0.1) is 5.82 Å². The van der Waals surface area contributed by atoms with Crippen LogP contribution in [0.1, 0.15) is 35.2 Å². The van der Waals surface area contributed by atoms with Crippen LogP contribution in [-0.4, -0.2) is 61.2 Å². The van der Waals surface area contributed by atoms with Crippen molar-refractivity contribution in [2.45, 2.75) is 37.8 Å². The van der Waals surface area contributed by atoms with Crippen molar-refractivity contribution in [3.63, 3.8) is 0 Å². The first-order valence-corrected chi connectivity index (χ1v) is 10.6. The molecule has 32 heavy (non-hydrogen) atoms. The van der Waals surface area contributed by atoms with E-state index in [1.807, 2.05) is 0 Å². The summed E-state index contributed by atoms with van der Waals surface area (Å²) in [7, 11) is 2.55. The Balaban J connectivity index is 0.00000176. The standard InChI is InChI=1S/C23H28FN3O3.CH4O/c1-30-20-9-4-7-17(13-20)23(29)26-15-19-8-5-11-27(19)22(28)14-18(25)12-16-6-2-3-10-21(16)24;1-2/h2-4,6-7,9-10,13,18-19H,5,8,11-12,14-15,25H2,1H3,(H,26,29);2H,1H3/t18?,19-;/m0./s1. The fraction of sp³-hybridized carbons (Fsp3) is 0.417. The van der Waals surface area contributed by atoms with Crippen molar-refractivity contribution in [1.82, 2.24) is 10.2 Å². The molecule has 1 heterocycles. The van der Waals surface area contributed by atoms with Crippen molar-refractivity contribution >= 4 is 11.8 Å². The lowest BCUT2D eigenvalue weighted by molar-refractivity contribution is -0.132. The van der Waals surface area contributed by atoms with Crippen molar-refractivity contribution in [2.75, 3.05) is 27.3 Å². The number of amides is 2. The lowest BCUT2D eigenvalue weighted by Gasteiger charge is -2.26. The minimum atomic E-state index is -0.456. The highest BCUT2D eigenvalue weighted by Gasteiger charge is 2.29. The number of benzene rings is 2. The molecule has 0 spiro atoms. The van der Waals surface area contributed by atoms with Crippen LogP contribution in [0.15, 0.2) is 48.5 Å². The second-order valence-electron chi connectivity index (χ2n) is 7.58. The zero-order valence-electron chi connectivity index (χ0n) is 18.6. The van der Waals surface area contributed by atoms with Gasteiger partial charge in [0.15, 0.2) is 0 Å². The van der Waals surface area contributed by atoms with Crippen molar-refractivity contribution in [1.29, 1.82) is 0 Å². The predicted molar refractivity (Wildman–Crippen MR) is 121 cm³/mol.